The number of hydrogen-bond donors (Lipinski definition) is 0. The van der Waals surface area contributed by atoms with Crippen molar-refractivity contribution >= 4 is 5.69 Å². The smallest absolute Gasteiger partial charge is 0.165 e. The fraction of sp³-hybridized carbons (Fsp3) is 0.261. The molecule has 6 rings (SSSR count). The largest absolute Gasteiger partial charge is 0.492 e. The summed E-state index contributed by atoms with van der Waals surface area (Å²) in [5, 5.41) is 0. The summed E-state index contributed by atoms with van der Waals surface area (Å²) < 4.78 is 17.8. The van der Waals surface area contributed by atoms with Crippen LogP contribution in [-0.2, 0) is 12.0 Å². The highest BCUT2D eigenvalue weighted by Gasteiger charge is 2.50. The summed E-state index contributed by atoms with van der Waals surface area (Å²) in [5.41, 5.74) is 4.61. The van der Waals surface area contributed by atoms with E-state index in [1.165, 1.54) is 16.8 Å². The molecule has 0 radical (unpaired) electrons. The standard InChI is InChI=1S/C23H20N2O3/c1-2-7-19-17(6-1)23(14-25(19)13-16-5-3-4-8-24-16)15-28-20-12-22-21(11-18(20)23)26-9-10-27-22/h1-8,11-12H,9-10,13-15H2. The molecule has 1 aromatic heterocycles. The summed E-state index contributed by atoms with van der Waals surface area (Å²) in [5.74, 6) is 2.49. The number of aromatic nitrogens is 1. The molecular weight excluding hydrogens is 352 g/mol. The van der Waals surface area contributed by atoms with Gasteiger partial charge in [-0.1, -0.05) is 24.3 Å². The maximum Gasteiger partial charge on any atom is 0.165 e. The Hall–Kier alpha value is -3.21. The Morgan fingerprint density at radius 2 is 1.68 bits per heavy atom. The Balaban J connectivity index is 1.45. The van der Waals surface area contributed by atoms with Gasteiger partial charge in [0.2, 0.25) is 0 Å². The van der Waals surface area contributed by atoms with E-state index in [1.807, 2.05) is 24.4 Å². The van der Waals surface area contributed by atoms with Crippen LogP contribution in [0.3, 0.4) is 0 Å². The Labute approximate surface area is 163 Å². The van der Waals surface area contributed by atoms with Crippen LogP contribution in [0.5, 0.6) is 17.2 Å². The molecule has 0 bridgehead atoms. The van der Waals surface area contributed by atoms with Crippen molar-refractivity contribution < 1.29 is 14.2 Å². The van der Waals surface area contributed by atoms with E-state index in [4.69, 9.17) is 14.2 Å². The first-order chi connectivity index (χ1) is 13.8. The quantitative estimate of drug-likeness (QED) is 0.688. The molecule has 5 heteroatoms. The van der Waals surface area contributed by atoms with Crippen molar-refractivity contribution in [3.8, 4) is 17.2 Å². The predicted molar refractivity (Wildman–Crippen MR) is 105 cm³/mol. The molecule has 3 aromatic rings. The van der Waals surface area contributed by atoms with E-state index in [9.17, 15) is 0 Å². The molecule has 3 aliphatic heterocycles. The van der Waals surface area contributed by atoms with Gasteiger partial charge in [0.1, 0.15) is 25.6 Å². The molecule has 0 saturated heterocycles. The normalized spacial score (nSPS) is 21.4. The highest BCUT2D eigenvalue weighted by molar-refractivity contribution is 5.70. The van der Waals surface area contributed by atoms with Gasteiger partial charge in [-0.3, -0.25) is 4.98 Å². The van der Waals surface area contributed by atoms with Gasteiger partial charge in [-0.25, -0.2) is 0 Å². The summed E-state index contributed by atoms with van der Waals surface area (Å²) in [7, 11) is 0. The van der Waals surface area contributed by atoms with E-state index in [1.54, 1.807) is 0 Å². The highest BCUT2D eigenvalue weighted by atomic mass is 16.6. The summed E-state index contributed by atoms with van der Waals surface area (Å²) in [4.78, 5) is 6.93. The van der Waals surface area contributed by atoms with Gasteiger partial charge in [0.25, 0.3) is 0 Å². The van der Waals surface area contributed by atoms with E-state index in [0.29, 0.717) is 19.8 Å². The number of pyridine rings is 1. The molecule has 1 unspecified atom stereocenters. The minimum absolute atomic E-state index is 0.198. The highest BCUT2D eigenvalue weighted by Crippen LogP contribution is 2.54. The first kappa shape index (κ1) is 15.8. The lowest BCUT2D eigenvalue weighted by atomic mass is 9.77. The van der Waals surface area contributed by atoms with Crippen molar-refractivity contribution in [3.05, 3.63) is 77.6 Å². The molecule has 1 spiro atoms. The van der Waals surface area contributed by atoms with Crippen LogP contribution < -0.4 is 19.1 Å². The monoisotopic (exact) mass is 372 g/mol. The van der Waals surface area contributed by atoms with Crippen LogP contribution in [-0.4, -0.2) is 31.3 Å². The number of ether oxygens (including phenoxy) is 3. The molecule has 0 amide bonds. The van der Waals surface area contributed by atoms with Gasteiger partial charge >= 0.3 is 0 Å². The minimum Gasteiger partial charge on any atom is -0.492 e. The number of fused-ring (bicyclic) bond motifs is 5. The van der Waals surface area contributed by atoms with Crippen LogP contribution in [0.15, 0.2) is 60.8 Å². The summed E-state index contributed by atoms with van der Waals surface area (Å²) >= 11 is 0. The molecule has 28 heavy (non-hydrogen) atoms. The molecule has 140 valence electrons. The zero-order chi connectivity index (χ0) is 18.6. The minimum atomic E-state index is -0.198. The average molecular weight is 372 g/mol. The van der Waals surface area contributed by atoms with E-state index < -0.39 is 0 Å². The SMILES string of the molecule is c1ccc(CN2CC3(COc4cc5c(cc43)OCCO5)c3ccccc32)nc1. The van der Waals surface area contributed by atoms with Crippen molar-refractivity contribution in [1.29, 1.82) is 0 Å². The van der Waals surface area contributed by atoms with Crippen molar-refractivity contribution in [2.45, 2.75) is 12.0 Å². The number of nitrogens with zero attached hydrogens (tertiary/aromatic N) is 2. The third kappa shape index (κ3) is 2.22. The van der Waals surface area contributed by atoms with Gasteiger partial charge in [0.15, 0.2) is 11.5 Å². The van der Waals surface area contributed by atoms with Gasteiger partial charge in [-0.2, -0.15) is 0 Å². The lowest BCUT2D eigenvalue weighted by Gasteiger charge is -2.26. The Kier molecular flexibility index (Phi) is 3.33. The number of hydrogen-bond acceptors (Lipinski definition) is 5. The lowest BCUT2D eigenvalue weighted by Crippen LogP contribution is -2.36. The first-order valence-corrected chi connectivity index (χ1v) is 9.65. The molecule has 0 fully saturated rings. The van der Waals surface area contributed by atoms with E-state index in [-0.39, 0.29) is 5.41 Å². The topological polar surface area (TPSA) is 43.8 Å². The maximum atomic E-state index is 6.18. The molecule has 2 aromatic carbocycles. The second kappa shape index (κ2) is 5.89. The van der Waals surface area contributed by atoms with Crippen molar-refractivity contribution in [2.24, 2.45) is 0 Å². The van der Waals surface area contributed by atoms with Crippen molar-refractivity contribution in [2.75, 3.05) is 31.3 Å². The van der Waals surface area contributed by atoms with E-state index in [0.717, 1.165) is 36.0 Å². The van der Waals surface area contributed by atoms with E-state index in [2.05, 4.69) is 46.3 Å². The van der Waals surface area contributed by atoms with Gasteiger partial charge in [0.05, 0.1) is 17.7 Å². The first-order valence-electron chi connectivity index (χ1n) is 9.65. The number of benzene rings is 2. The third-order valence-electron chi connectivity index (χ3n) is 5.93. The molecule has 0 N–H and O–H groups in total. The van der Waals surface area contributed by atoms with Gasteiger partial charge in [-0.05, 0) is 29.8 Å². The van der Waals surface area contributed by atoms with Crippen LogP contribution >= 0.6 is 0 Å². The number of anilines is 1. The average Bonchev–Trinajstić information content (AvgIpc) is 3.26. The maximum absolute atomic E-state index is 6.18. The second-order valence-corrected chi connectivity index (χ2v) is 7.56. The van der Waals surface area contributed by atoms with Gasteiger partial charge < -0.3 is 19.1 Å². The Morgan fingerprint density at radius 3 is 2.54 bits per heavy atom. The van der Waals surface area contributed by atoms with Crippen LogP contribution in [0, 0.1) is 0 Å². The molecule has 5 nitrogen and oxygen atoms in total. The zero-order valence-corrected chi connectivity index (χ0v) is 15.4. The summed E-state index contributed by atoms with van der Waals surface area (Å²) in [6.07, 6.45) is 1.85. The van der Waals surface area contributed by atoms with Crippen molar-refractivity contribution in [1.82, 2.24) is 4.98 Å². The molecule has 3 aliphatic rings. The third-order valence-corrected chi connectivity index (χ3v) is 5.93. The fourth-order valence-corrected chi connectivity index (χ4v) is 4.67. The van der Waals surface area contributed by atoms with Crippen LogP contribution in [0.25, 0.3) is 0 Å². The Bertz CT molecular complexity index is 1050. The number of rotatable bonds is 2. The number of para-hydroxylation sites is 1. The van der Waals surface area contributed by atoms with Crippen LogP contribution in [0.2, 0.25) is 0 Å². The predicted octanol–water partition coefficient (Wildman–Crippen LogP) is 3.55. The van der Waals surface area contributed by atoms with Gasteiger partial charge in [0, 0.05) is 30.1 Å². The summed E-state index contributed by atoms with van der Waals surface area (Å²) in [6.45, 7) is 3.43. The zero-order valence-electron chi connectivity index (χ0n) is 15.4. The van der Waals surface area contributed by atoms with E-state index >= 15 is 0 Å². The lowest BCUT2D eigenvalue weighted by molar-refractivity contribution is 0.171. The molecule has 4 heterocycles. The van der Waals surface area contributed by atoms with Crippen molar-refractivity contribution in [3.63, 3.8) is 0 Å². The molecular formula is C23H20N2O3. The van der Waals surface area contributed by atoms with Crippen LogP contribution in [0.1, 0.15) is 16.8 Å². The fourth-order valence-electron chi connectivity index (χ4n) is 4.67. The molecule has 0 aliphatic carbocycles. The van der Waals surface area contributed by atoms with Crippen LogP contribution in [0.4, 0.5) is 5.69 Å². The molecule has 1 atom stereocenters. The Morgan fingerprint density at radius 1 is 0.857 bits per heavy atom. The second-order valence-electron chi connectivity index (χ2n) is 7.56. The molecule has 0 saturated carbocycles. The van der Waals surface area contributed by atoms with Gasteiger partial charge in [-0.15, -0.1) is 0 Å². The summed E-state index contributed by atoms with van der Waals surface area (Å²) in [6, 6.07) is 18.8.